The molecule has 0 saturated carbocycles. The predicted molar refractivity (Wildman–Crippen MR) is 60.9 cm³/mol. The summed E-state index contributed by atoms with van der Waals surface area (Å²) in [6.07, 6.45) is 7.31. The lowest BCUT2D eigenvalue weighted by atomic mass is 9.94. The van der Waals surface area contributed by atoms with Crippen LogP contribution in [0.3, 0.4) is 0 Å². The van der Waals surface area contributed by atoms with Crippen molar-refractivity contribution < 1.29 is 9.90 Å². The fourth-order valence-electron chi connectivity index (χ4n) is 2.25. The molecule has 1 unspecified atom stereocenters. The molecule has 1 rings (SSSR count). The Morgan fingerprint density at radius 3 is 2.87 bits per heavy atom. The highest BCUT2D eigenvalue weighted by molar-refractivity contribution is 5.69. The molecule has 3 heteroatoms. The van der Waals surface area contributed by atoms with Gasteiger partial charge in [-0.25, -0.2) is 0 Å². The minimum atomic E-state index is -0.610. The molecule has 2 N–H and O–H groups in total. The Morgan fingerprint density at radius 1 is 1.53 bits per heavy atom. The molecule has 1 saturated heterocycles. The second kappa shape index (κ2) is 6.83. The number of carboxylic acid groups (broad SMARTS) is 1. The molecule has 0 radical (unpaired) electrons. The highest BCUT2D eigenvalue weighted by atomic mass is 16.4. The van der Waals surface area contributed by atoms with Crippen molar-refractivity contribution in [3.05, 3.63) is 0 Å². The first-order chi connectivity index (χ1) is 7.24. The van der Waals surface area contributed by atoms with Crippen LogP contribution in [0.4, 0.5) is 0 Å². The summed E-state index contributed by atoms with van der Waals surface area (Å²) in [5.74, 6) is -0.728. The summed E-state index contributed by atoms with van der Waals surface area (Å²) in [4.78, 5) is 11.0. The van der Waals surface area contributed by atoms with Gasteiger partial charge in [0.25, 0.3) is 0 Å². The molecule has 3 nitrogen and oxygen atoms in total. The van der Waals surface area contributed by atoms with Gasteiger partial charge in [0.05, 0.1) is 5.92 Å². The molecule has 0 aliphatic carbocycles. The van der Waals surface area contributed by atoms with Crippen LogP contribution in [-0.4, -0.2) is 23.7 Å². The van der Waals surface area contributed by atoms with E-state index in [-0.39, 0.29) is 5.92 Å². The lowest BCUT2D eigenvalue weighted by Gasteiger charge is -2.15. The molecule has 1 aliphatic rings. The van der Waals surface area contributed by atoms with Crippen molar-refractivity contribution in [1.29, 1.82) is 0 Å². The number of aliphatic carboxylic acids is 1. The van der Waals surface area contributed by atoms with Crippen LogP contribution < -0.4 is 5.32 Å². The van der Waals surface area contributed by atoms with Crippen LogP contribution in [0, 0.1) is 5.92 Å². The Balaban J connectivity index is 2.20. The van der Waals surface area contributed by atoms with Gasteiger partial charge in [0.1, 0.15) is 0 Å². The van der Waals surface area contributed by atoms with Crippen LogP contribution >= 0.6 is 0 Å². The molecule has 0 spiro atoms. The Bertz CT molecular complexity index is 188. The highest BCUT2D eigenvalue weighted by Crippen LogP contribution is 2.19. The topological polar surface area (TPSA) is 49.3 Å². The smallest absolute Gasteiger partial charge is 0.306 e. The average Bonchev–Trinajstić information content (AvgIpc) is 2.70. The third-order valence-electron chi connectivity index (χ3n) is 3.28. The van der Waals surface area contributed by atoms with Crippen molar-refractivity contribution in [2.24, 2.45) is 5.92 Å². The Morgan fingerprint density at radius 2 is 2.33 bits per heavy atom. The maximum Gasteiger partial charge on any atom is 0.306 e. The first-order valence-corrected chi connectivity index (χ1v) is 6.20. The van der Waals surface area contributed by atoms with E-state index in [9.17, 15) is 4.79 Å². The standard InChI is InChI=1S/C12H23NO2/c1-2-3-5-10(12(14)15)7-8-11-6-4-9-13-11/h10-11,13H,2-9H2,1H3,(H,14,15)/t10?,11-/m0/s1. The van der Waals surface area contributed by atoms with Crippen LogP contribution in [0.5, 0.6) is 0 Å². The summed E-state index contributed by atoms with van der Waals surface area (Å²) in [6.45, 7) is 3.22. The zero-order valence-corrected chi connectivity index (χ0v) is 9.67. The van der Waals surface area contributed by atoms with Crippen molar-refractivity contribution in [1.82, 2.24) is 5.32 Å². The number of unbranched alkanes of at least 4 members (excludes halogenated alkanes) is 1. The van der Waals surface area contributed by atoms with Crippen LogP contribution in [0.15, 0.2) is 0 Å². The zero-order chi connectivity index (χ0) is 11.1. The quantitative estimate of drug-likeness (QED) is 0.682. The molecular weight excluding hydrogens is 190 g/mol. The Hall–Kier alpha value is -0.570. The van der Waals surface area contributed by atoms with Crippen LogP contribution in [0.25, 0.3) is 0 Å². The minimum absolute atomic E-state index is 0.118. The third kappa shape index (κ3) is 4.65. The van der Waals surface area contributed by atoms with Crippen LogP contribution in [0.1, 0.15) is 51.9 Å². The van der Waals surface area contributed by atoms with E-state index in [1.54, 1.807) is 0 Å². The summed E-state index contributed by atoms with van der Waals surface area (Å²) in [6, 6.07) is 0.577. The fraction of sp³-hybridized carbons (Fsp3) is 0.917. The van der Waals surface area contributed by atoms with Gasteiger partial charge >= 0.3 is 5.97 Å². The van der Waals surface area contributed by atoms with Crippen molar-refractivity contribution in [2.75, 3.05) is 6.54 Å². The van der Waals surface area contributed by atoms with E-state index in [4.69, 9.17) is 5.11 Å². The van der Waals surface area contributed by atoms with Gasteiger partial charge in [0.15, 0.2) is 0 Å². The normalized spacial score (nSPS) is 22.9. The molecule has 1 heterocycles. The van der Waals surface area contributed by atoms with Crippen molar-refractivity contribution >= 4 is 5.97 Å². The lowest BCUT2D eigenvalue weighted by molar-refractivity contribution is -0.142. The van der Waals surface area contributed by atoms with Gasteiger partial charge < -0.3 is 10.4 Å². The molecule has 15 heavy (non-hydrogen) atoms. The van der Waals surface area contributed by atoms with Gasteiger partial charge in [-0.2, -0.15) is 0 Å². The average molecular weight is 213 g/mol. The van der Waals surface area contributed by atoms with Crippen LogP contribution in [0.2, 0.25) is 0 Å². The Kier molecular flexibility index (Phi) is 5.69. The van der Waals surface area contributed by atoms with E-state index in [1.807, 2.05) is 0 Å². The van der Waals surface area contributed by atoms with Gasteiger partial charge in [-0.15, -0.1) is 0 Å². The Labute approximate surface area is 92.3 Å². The van der Waals surface area contributed by atoms with Gasteiger partial charge in [0, 0.05) is 6.04 Å². The molecule has 0 amide bonds. The fourth-order valence-corrected chi connectivity index (χ4v) is 2.25. The van der Waals surface area contributed by atoms with Crippen molar-refractivity contribution in [3.63, 3.8) is 0 Å². The SMILES string of the molecule is CCCCC(CC[C@@H]1CCCN1)C(=O)O. The predicted octanol–water partition coefficient (Wildman–Crippen LogP) is 2.41. The molecular formula is C12H23NO2. The third-order valence-corrected chi connectivity index (χ3v) is 3.28. The number of hydrogen-bond donors (Lipinski definition) is 2. The second-order valence-electron chi connectivity index (χ2n) is 4.55. The minimum Gasteiger partial charge on any atom is -0.481 e. The molecule has 0 aromatic rings. The number of nitrogens with one attached hydrogen (secondary N) is 1. The summed E-state index contributed by atoms with van der Waals surface area (Å²) >= 11 is 0. The summed E-state index contributed by atoms with van der Waals surface area (Å²) in [5, 5.41) is 12.5. The molecule has 1 fully saturated rings. The number of carboxylic acids is 1. The van der Waals surface area contributed by atoms with Crippen molar-refractivity contribution in [2.45, 2.75) is 57.9 Å². The number of carbonyl (C=O) groups is 1. The van der Waals surface area contributed by atoms with Gasteiger partial charge in [-0.1, -0.05) is 19.8 Å². The summed E-state index contributed by atoms with van der Waals surface area (Å²) < 4.78 is 0. The number of rotatable bonds is 7. The van der Waals surface area contributed by atoms with Crippen LogP contribution in [-0.2, 0) is 4.79 Å². The van der Waals surface area contributed by atoms with E-state index in [2.05, 4.69) is 12.2 Å². The maximum absolute atomic E-state index is 11.0. The van der Waals surface area contributed by atoms with Gasteiger partial charge in [0.2, 0.25) is 0 Å². The van der Waals surface area contributed by atoms with E-state index in [0.29, 0.717) is 6.04 Å². The molecule has 1 aliphatic heterocycles. The summed E-state index contributed by atoms with van der Waals surface area (Å²) in [7, 11) is 0. The van der Waals surface area contributed by atoms with Crippen molar-refractivity contribution in [3.8, 4) is 0 Å². The zero-order valence-electron chi connectivity index (χ0n) is 9.67. The lowest BCUT2D eigenvalue weighted by Crippen LogP contribution is -2.23. The molecule has 0 aromatic heterocycles. The van der Waals surface area contributed by atoms with E-state index < -0.39 is 5.97 Å². The van der Waals surface area contributed by atoms with E-state index in [1.165, 1.54) is 12.8 Å². The maximum atomic E-state index is 11.0. The van der Waals surface area contributed by atoms with Gasteiger partial charge in [-0.3, -0.25) is 4.79 Å². The molecule has 0 aromatic carbocycles. The highest BCUT2D eigenvalue weighted by Gasteiger charge is 2.20. The monoisotopic (exact) mass is 213 g/mol. The van der Waals surface area contributed by atoms with E-state index >= 15 is 0 Å². The number of hydrogen-bond acceptors (Lipinski definition) is 2. The molecule has 0 bridgehead atoms. The molecule has 2 atom stereocenters. The van der Waals surface area contributed by atoms with E-state index in [0.717, 1.165) is 38.6 Å². The first kappa shape index (κ1) is 12.5. The summed E-state index contributed by atoms with van der Waals surface area (Å²) in [5.41, 5.74) is 0. The first-order valence-electron chi connectivity index (χ1n) is 6.20. The second-order valence-corrected chi connectivity index (χ2v) is 4.55. The largest absolute Gasteiger partial charge is 0.481 e. The molecule has 88 valence electrons. The van der Waals surface area contributed by atoms with Gasteiger partial charge in [-0.05, 0) is 38.6 Å².